The Morgan fingerprint density at radius 3 is 2.35 bits per heavy atom. The van der Waals surface area contributed by atoms with Crippen LogP contribution in [0, 0.1) is 13.8 Å². The molecule has 0 N–H and O–H groups in total. The Morgan fingerprint density at radius 1 is 1.00 bits per heavy atom. The number of ether oxygens (including phenoxy) is 3. The van der Waals surface area contributed by atoms with Gasteiger partial charge in [-0.25, -0.2) is 0 Å². The third-order valence-corrected chi connectivity index (χ3v) is 4.75. The van der Waals surface area contributed by atoms with E-state index in [1.165, 1.54) is 11.1 Å². The highest BCUT2D eigenvalue weighted by molar-refractivity contribution is 5.78. The molecule has 1 amide bonds. The maximum absolute atomic E-state index is 12.6. The monoisotopic (exact) mass is 355 g/mol. The lowest BCUT2D eigenvalue weighted by atomic mass is 9.99. The summed E-state index contributed by atoms with van der Waals surface area (Å²) in [5, 5.41) is 0. The van der Waals surface area contributed by atoms with Crippen LogP contribution in [0.5, 0.6) is 17.2 Å². The highest BCUT2D eigenvalue weighted by atomic mass is 16.5. The molecule has 138 valence electrons. The van der Waals surface area contributed by atoms with Crippen LogP contribution in [0.15, 0.2) is 30.3 Å². The van der Waals surface area contributed by atoms with Crippen molar-refractivity contribution in [1.82, 2.24) is 4.90 Å². The molecule has 0 fully saturated rings. The predicted molar refractivity (Wildman–Crippen MR) is 100 cm³/mol. The minimum Gasteiger partial charge on any atom is -0.493 e. The third-order valence-electron chi connectivity index (χ3n) is 4.75. The molecule has 0 saturated carbocycles. The molecule has 1 aliphatic rings. The van der Waals surface area contributed by atoms with Gasteiger partial charge in [-0.05, 0) is 55.2 Å². The number of aryl methyl sites for hydroxylation is 2. The summed E-state index contributed by atoms with van der Waals surface area (Å²) in [7, 11) is 3.25. The van der Waals surface area contributed by atoms with E-state index in [1.54, 1.807) is 14.2 Å². The standard InChI is InChI=1S/C21H25NO4/c1-14-5-6-18(15(2)9-14)26-13-21(23)22-8-7-16-10-19(24-3)20(25-4)11-17(16)12-22/h5-6,9-11H,7-8,12-13H2,1-4H3. The summed E-state index contributed by atoms with van der Waals surface area (Å²) in [6.45, 7) is 5.31. The van der Waals surface area contributed by atoms with Crippen LogP contribution >= 0.6 is 0 Å². The van der Waals surface area contributed by atoms with Crippen molar-refractivity contribution in [3.8, 4) is 17.2 Å². The lowest BCUT2D eigenvalue weighted by molar-refractivity contribution is -0.134. The van der Waals surface area contributed by atoms with Crippen LogP contribution in [-0.4, -0.2) is 38.2 Å². The van der Waals surface area contributed by atoms with Crippen molar-refractivity contribution >= 4 is 5.91 Å². The lowest BCUT2D eigenvalue weighted by Gasteiger charge is -2.29. The Morgan fingerprint density at radius 2 is 1.69 bits per heavy atom. The van der Waals surface area contributed by atoms with E-state index >= 15 is 0 Å². The van der Waals surface area contributed by atoms with Crippen LogP contribution in [0.2, 0.25) is 0 Å². The fraction of sp³-hybridized carbons (Fsp3) is 0.381. The molecule has 0 spiro atoms. The second-order valence-corrected chi connectivity index (χ2v) is 6.60. The van der Waals surface area contributed by atoms with Crippen molar-refractivity contribution in [2.45, 2.75) is 26.8 Å². The highest BCUT2D eigenvalue weighted by Crippen LogP contribution is 2.33. The number of nitrogens with zero attached hydrogens (tertiary/aromatic N) is 1. The Hall–Kier alpha value is -2.69. The molecule has 5 heteroatoms. The minimum atomic E-state index is -0.00888. The number of fused-ring (bicyclic) bond motifs is 1. The van der Waals surface area contributed by atoms with Gasteiger partial charge in [0.05, 0.1) is 14.2 Å². The van der Waals surface area contributed by atoms with Gasteiger partial charge in [0.2, 0.25) is 0 Å². The molecule has 0 unspecified atom stereocenters. The van der Waals surface area contributed by atoms with E-state index in [2.05, 4.69) is 6.07 Å². The van der Waals surface area contributed by atoms with Crippen LogP contribution < -0.4 is 14.2 Å². The third kappa shape index (κ3) is 3.77. The number of carbonyl (C=O) groups is 1. The SMILES string of the molecule is COc1cc2c(cc1OC)CN(C(=O)COc1ccc(C)cc1C)CC2. The maximum Gasteiger partial charge on any atom is 0.260 e. The molecule has 2 aromatic rings. The number of amides is 1. The van der Waals surface area contributed by atoms with Crippen LogP contribution in [0.3, 0.4) is 0 Å². The first-order chi connectivity index (χ1) is 12.5. The normalized spacial score (nSPS) is 13.2. The molecule has 1 heterocycles. The Kier molecular flexibility index (Phi) is 5.35. The van der Waals surface area contributed by atoms with Gasteiger partial charge >= 0.3 is 0 Å². The largest absolute Gasteiger partial charge is 0.493 e. The number of hydrogen-bond donors (Lipinski definition) is 0. The first-order valence-electron chi connectivity index (χ1n) is 8.73. The fourth-order valence-corrected chi connectivity index (χ4v) is 3.29. The molecule has 0 bridgehead atoms. The van der Waals surface area contributed by atoms with E-state index in [0.29, 0.717) is 18.8 Å². The van der Waals surface area contributed by atoms with E-state index < -0.39 is 0 Å². The topological polar surface area (TPSA) is 48.0 Å². The van der Waals surface area contributed by atoms with E-state index in [0.717, 1.165) is 29.0 Å². The summed E-state index contributed by atoms with van der Waals surface area (Å²) >= 11 is 0. The van der Waals surface area contributed by atoms with Gasteiger partial charge in [-0.1, -0.05) is 17.7 Å². The molecule has 0 radical (unpaired) electrons. The van der Waals surface area contributed by atoms with Gasteiger partial charge in [-0.3, -0.25) is 4.79 Å². The number of methoxy groups -OCH3 is 2. The zero-order valence-corrected chi connectivity index (χ0v) is 15.8. The molecule has 26 heavy (non-hydrogen) atoms. The summed E-state index contributed by atoms with van der Waals surface area (Å²) in [6.07, 6.45) is 0.797. The van der Waals surface area contributed by atoms with Gasteiger partial charge in [0.15, 0.2) is 18.1 Å². The van der Waals surface area contributed by atoms with Crippen molar-refractivity contribution < 1.29 is 19.0 Å². The number of benzene rings is 2. The fourth-order valence-electron chi connectivity index (χ4n) is 3.29. The molecule has 0 atom stereocenters. The van der Waals surface area contributed by atoms with Crippen LogP contribution in [-0.2, 0) is 17.8 Å². The van der Waals surface area contributed by atoms with Crippen molar-refractivity contribution in [1.29, 1.82) is 0 Å². The predicted octanol–water partition coefficient (Wildman–Crippen LogP) is 3.28. The Balaban J connectivity index is 1.67. The second-order valence-electron chi connectivity index (χ2n) is 6.60. The average Bonchev–Trinajstić information content (AvgIpc) is 2.65. The quantitative estimate of drug-likeness (QED) is 0.826. The molecule has 0 saturated heterocycles. The number of hydrogen-bond acceptors (Lipinski definition) is 4. The van der Waals surface area contributed by atoms with Crippen molar-refractivity contribution in [3.63, 3.8) is 0 Å². The summed E-state index contributed by atoms with van der Waals surface area (Å²) < 4.78 is 16.5. The summed E-state index contributed by atoms with van der Waals surface area (Å²) in [5.74, 6) is 2.16. The van der Waals surface area contributed by atoms with E-state index in [-0.39, 0.29) is 12.5 Å². The average molecular weight is 355 g/mol. The van der Waals surface area contributed by atoms with Gasteiger partial charge in [-0.2, -0.15) is 0 Å². The zero-order valence-electron chi connectivity index (χ0n) is 15.8. The maximum atomic E-state index is 12.6. The molecular weight excluding hydrogens is 330 g/mol. The van der Waals surface area contributed by atoms with Gasteiger partial charge in [0.1, 0.15) is 5.75 Å². The Labute approximate surface area is 154 Å². The van der Waals surface area contributed by atoms with Crippen LogP contribution in [0.25, 0.3) is 0 Å². The molecule has 3 rings (SSSR count). The molecule has 1 aliphatic heterocycles. The van der Waals surface area contributed by atoms with Crippen molar-refractivity contribution in [2.24, 2.45) is 0 Å². The van der Waals surface area contributed by atoms with Crippen molar-refractivity contribution in [2.75, 3.05) is 27.4 Å². The van der Waals surface area contributed by atoms with Crippen LogP contribution in [0.4, 0.5) is 0 Å². The molecule has 5 nitrogen and oxygen atoms in total. The Bertz CT molecular complexity index is 816. The van der Waals surface area contributed by atoms with E-state index in [4.69, 9.17) is 14.2 Å². The molecule has 0 aromatic heterocycles. The van der Waals surface area contributed by atoms with E-state index in [1.807, 2.05) is 43.0 Å². The zero-order chi connectivity index (χ0) is 18.7. The molecular formula is C21H25NO4. The minimum absolute atomic E-state index is 0.00888. The van der Waals surface area contributed by atoms with E-state index in [9.17, 15) is 4.79 Å². The van der Waals surface area contributed by atoms with Gasteiger partial charge in [-0.15, -0.1) is 0 Å². The number of carbonyl (C=O) groups excluding carboxylic acids is 1. The smallest absolute Gasteiger partial charge is 0.260 e. The first-order valence-corrected chi connectivity index (χ1v) is 8.73. The highest BCUT2D eigenvalue weighted by Gasteiger charge is 2.23. The lowest BCUT2D eigenvalue weighted by Crippen LogP contribution is -2.38. The van der Waals surface area contributed by atoms with Gasteiger partial charge in [0.25, 0.3) is 5.91 Å². The van der Waals surface area contributed by atoms with Gasteiger partial charge < -0.3 is 19.1 Å². The number of rotatable bonds is 5. The van der Waals surface area contributed by atoms with Crippen LogP contribution in [0.1, 0.15) is 22.3 Å². The van der Waals surface area contributed by atoms with Crippen molar-refractivity contribution in [3.05, 3.63) is 52.6 Å². The van der Waals surface area contributed by atoms with Gasteiger partial charge in [0, 0.05) is 13.1 Å². The summed E-state index contributed by atoms with van der Waals surface area (Å²) in [6, 6.07) is 9.92. The molecule has 2 aromatic carbocycles. The molecule has 0 aliphatic carbocycles. The second kappa shape index (κ2) is 7.68. The summed E-state index contributed by atoms with van der Waals surface area (Å²) in [4.78, 5) is 14.4. The summed E-state index contributed by atoms with van der Waals surface area (Å²) in [5.41, 5.74) is 4.51. The first kappa shape index (κ1) is 18.1.